The SMILES string of the molecule is Cc1cc(C)cc(C(=O)NCC(=O)NCC(=O)NCc2ccco2)c1. The average molecular weight is 343 g/mol. The molecule has 0 aliphatic heterocycles. The van der Waals surface area contributed by atoms with Crippen molar-refractivity contribution >= 4 is 17.7 Å². The van der Waals surface area contributed by atoms with Gasteiger partial charge >= 0.3 is 0 Å². The molecule has 0 aliphatic rings. The first kappa shape index (κ1) is 18.3. The minimum Gasteiger partial charge on any atom is -0.467 e. The molecule has 7 nitrogen and oxygen atoms in total. The van der Waals surface area contributed by atoms with E-state index in [1.54, 1.807) is 24.3 Å². The highest BCUT2D eigenvalue weighted by Crippen LogP contribution is 2.08. The second-order valence-electron chi connectivity index (χ2n) is 5.69. The van der Waals surface area contributed by atoms with Crippen LogP contribution in [0.5, 0.6) is 0 Å². The fraction of sp³-hybridized carbons (Fsp3) is 0.278. The van der Waals surface area contributed by atoms with E-state index in [-0.39, 0.29) is 31.4 Å². The van der Waals surface area contributed by atoms with Crippen molar-refractivity contribution in [3.05, 3.63) is 59.0 Å². The lowest BCUT2D eigenvalue weighted by atomic mass is 10.1. The molecule has 132 valence electrons. The predicted molar refractivity (Wildman–Crippen MR) is 91.8 cm³/mol. The summed E-state index contributed by atoms with van der Waals surface area (Å²) in [6.07, 6.45) is 1.52. The van der Waals surface area contributed by atoms with Gasteiger partial charge < -0.3 is 20.4 Å². The Labute approximate surface area is 145 Å². The van der Waals surface area contributed by atoms with E-state index in [1.165, 1.54) is 6.26 Å². The molecule has 0 bridgehead atoms. The number of rotatable bonds is 7. The molecular weight excluding hydrogens is 322 g/mol. The number of benzene rings is 1. The Hall–Kier alpha value is -3.09. The Morgan fingerprint density at radius 1 is 0.920 bits per heavy atom. The zero-order valence-corrected chi connectivity index (χ0v) is 14.2. The summed E-state index contributed by atoms with van der Waals surface area (Å²) in [5, 5.41) is 7.59. The molecule has 0 unspecified atom stereocenters. The van der Waals surface area contributed by atoms with Crippen LogP contribution < -0.4 is 16.0 Å². The molecule has 0 aliphatic carbocycles. The molecule has 2 aromatic rings. The molecule has 0 saturated heterocycles. The number of furan rings is 1. The third kappa shape index (κ3) is 6.14. The van der Waals surface area contributed by atoms with Gasteiger partial charge in [-0.2, -0.15) is 0 Å². The molecule has 0 fully saturated rings. The summed E-state index contributed by atoms with van der Waals surface area (Å²) in [5.41, 5.74) is 2.45. The third-order valence-electron chi connectivity index (χ3n) is 3.38. The largest absolute Gasteiger partial charge is 0.467 e. The van der Waals surface area contributed by atoms with Gasteiger partial charge in [-0.15, -0.1) is 0 Å². The summed E-state index contributed by atoms with van der Waals surface area (Å²) in [4.78, 5) is 35.4. The number of carbonyl (C=O) groups is 3. The smallest absolute Gasteiger partial charge is 0.251 e. The first-order valence-corrected chi connectivity index (χ1v) is 7.86. The molecule has 0 atom stereocenters. The van der Waals surface area contributed by atoms with Gasteiger partial charge in [-0.25, -0.2) is 0 Å². The molecule has 1 aromatic carbocycles. The zero-order valence-electron chi connectivity index (χ0n) is 14.2. The molecule has 0 saturated carbocycles. The van der Waals surface area contributed by atoms with Gasteiger partial charge in [0.2, 0.25) is 11.8 Å². The van der Waals surface area contributed by atoms with E-state index < -0.39 is 5.91 Å². The zero-order chi connectivity index (χ0) is 18.2. The molecule has 0 spiro atoms. The number of nitrogens with one attached hydrogen (secondary N) is 3. The summed E-state index contributed by atoms with van der Waals surface area (Å²) in [5.74, 6) is -0.485. The quantitative estimate of drug-likeness (QED) is 0.700. The molecule has 1 aromatic heterocycles. The van der Waals surface area contributed by atoms with Gasteiger partial charge in [-0.1, -0.05) is 17.2 Å². The molecule has 0 radical (unpaired) electrons. The second-order valence-corrected chi connectivity index (χ2v) is 5.69. The molecule has 7 heteroatoms. The Bertz CT molecular complexity index is 733. The van der Waals surface area contributed by atoms with Gasteiger partial charge in [-0.3, -0.25) is 14.4 Å². The Kier molecular flexibility index (Phi) is 6.33. The standard InChI is InChI=1S/C18H21N3O4/c1-12-6-13(2)8-14(7-12)18(24)21-11-17(23)20-10-16(22)19-9-15-4-3-5-25-15/h3-8H,9-11H2,1-2H3,(H,19,22)(H,20,23)(H,21,24). The molecule has 2 rings (SSSR count). The van der Waals surface area contributed by atoms with Crippen molar-refractivity contribution in [2.45, 2.75) is 20.4 Å². The van der Waals surface area contributed by atoms with Crippen LogP contribution in [0, 0.1) is 13.8 Å². The highest BCUT2D eigenvalue weighted by Gasteiger charge is 2.10. The van der Waals surface area contributed by atoms with Crippen LogP contribution in [-0.2, 0) is 16.1 Å². The van der Waals surface area contributed by atoms with E-state index in [4.69, 9.17) is 4.42 Å². The van der Waals surface area contributed by atoms with Crippen molar-refractivity contribution in [1.29, 1.82) is 0 Å². The monoisotopic (exact) mass is 343 g/mol. The molecule has 3 amide bonds. The summed E-state index contributed by atoms with van der Waals surface area (Å²) in [6.45, 7) is 3.69. The second kappa shape index (κ2) is 8.68. The van der Waals surface area contributed by atoms with Crippen molar-refractivity contribution in [2.24, 2.45) is 0 Å². The van der Waals surface area contributed by atoms with Gasteiger partial charge in [0.15, 0.2) is 0 Å². The molecule has 3 N–H and O–H groups in total. The summed E-state index contributed by atoms with van der Waals surface area (Å²) >= 11 is 0. The van der Waals surface area contributed by atoms with Crippen LogP contribution in [0.15, 0.2) is 41.0 Å². The number of hydrogen-bond donors (Lipinski definition) is 3. The molecule has 25 heavy (non-hydrogen) atoms. The van der Waals surface area contributed by atoms with Crippen LogP contribution in [0.4, 0.5) is 0 Å². The van der Waals surface area contributed by atoms with E-state index in [9.17, 15) is 14.4 Å². The van der Waals surface area contributed by atoms with E-state index >= 15 is 0 Å². The highest BCUT2D eigenvalue weighted by molar-refractivity contribution is 5.97. The lowest BCUT2D eigenvalue weighted by Crippen LogP contribution is -2.41. The maximum absolute atomic E-state index is 12.0. The van der Waals surface area contributed by atoms with Gasteiger partial charge in [0, 0.05) is 5.56 Å². The minimum atomic E-state index is -0.439. The van der Waals surface area contributed by atoms with E-state index in [1.807, 2.05) is 19.9 Å². The lowest BCUT2D eigenvalue weighted by Gasteiger charge is -2.08. The van der Waals surface area contributed by atoms with Crippen molar-refractivity contribution in [2.75, 3.05) is 13.1 Å². The number of aryl methyl sites for hydroxylation is 2. The Morgan fingerprint density at radius 2 is 1.56 bits per heavy atom. The fourth-order valence-electron chi connectivity index (χ4n) is 2.27. The highest BCUT2D eigenvalue weighted by atomic mass is 16.3. The first-order chi connectivity index (χ1) is 11.9. The summed E-state index contributed by atoms with van der Waals surface area (Å²) in [6, 6.07) is 8.93. The van der Waals surface area contributed by atoms with Crippen molar-refractivity contribution < 1.29 is 18.8 Å². The van der Waals surface area contributed by atoms with E-state index in [0.29, 0.717) is 11.3 Å². The summed E-state index contributed by atoms with van der Waals surface area (Å²) < 4.78 is 5.08. The van der Waals surface area contributed by atoms with Crippen molar-refractivity contribution in [1.82, 2.24) is 16.0 Å². The predicted octanol–water partition coefficient (Wildman–Crippen LogP) is 1.06. The Balaban J connectivity index is 1.69. The third-order valence-corrected chi connectivity index (χ3v) is 3.38. The fourth-order valence-corrected chi connectivity index (χ4v) is 2.27. The van der Waals surface area contributed by atoms with Crippen LogP contribution in [-0.4, -0.2) is 30.8 Å². The van der Waals surface area contributed by atoms with Gasteiger partial charge in [0.05, 0.1) is 25.9 Å². The van der Waals surface area contributed by atoms with Crippen molar-refractivity contribution in [3.8, 4) is 0 Å². The van der Waals surface area contributed by atoms with Gasteiger partial charge in [-0.05, 0) is 38.1 Å². The number of amides is 3. The molecule has 1 heterocycles. The van der Waals surface area contributed by atoms with E-state index in [0.717, 1.165) is 11.1 Å². The van der Waals surface area contributed by atoms with Crippen LogP contribution in [0.1, 0.15) is 27.2 Å². The van der Waals surface area contributed by atoms with Crippen LogP contribution in [0.25, 0.3) is 0 Å². The lowest BCUT2D eigenvalue weighted by molar-refractivity contribution is -0.125. The normalized spacial score (nSPS) is 10.2. The topological polar surface area (TPSA) is 100 Å². The van der Waals surface area contributed by atoms with Gasteiger partial charge in [0.25, 0.3) is 5.91 Å². The van der Waals surface area contributed by atoms with E-state index in [2.05, 4.69) is 16.0 Å². The van der Waals surface area contributed by atoms with Crippen molar-refractivity contribution in [3.63, 3.8) is 0 Å². The maximum atomic E-state index is 12.0. The molecular formula is C18H21N3O4. The maximum Gasteiger partial charge on any atom is 0.251 e. The number of hydrogen-bond acceptors (Lipinski definition) is 4. The average Bonchev–Trinajstić information content (AvgIpc) is 3.08. The van der Waals surface area contributed by atoms with Crippen LogP contribution in [0.3, 0.4) is 0 Å². The first-order valence-electron chi connectivity index (χ1n) is 7.86. The number of carbonyl (C=O) groups excluding carboxylic acids is 3. The Morgan fingerprint density at radius 3 is 2.20 bits per heavy atom. The van der Waals surface area contributed by atoms with Gasteiger partial charge in [0.1, 0.15) is 5.76 Å². The van der Waals surface area contributed by atoms with Crippen LogP contribution in [0.2, 0.25) is 0 Å². The minimum absolute atomic E-state index is 0.168. The van der Waals surface area contributed by atoms with Crippen LogP contribution >= 0.6 is 0 Å². The summed E-state index contributed by atoms with van der Waals surface area (Å²) in [7, 11) is 0.